The number of hydrogen-bond acceptors (Lipinski definition) is 0. The van der Waals surface area contributed by atoms with Gasteiger partial charge in [0.25, 0.3) is 0 Å². The minimum atomic E-state index is 1.21. The second-order valence-corrected chi connectivity index (χ2v) is 3.71. The number of unbranched alkanes of at least 4 members (excludes halogenated alkanes) is 2. The van der Waals surface area contributed by atoms with E-state index in [0.29, 0.717) is 0 Å². The van der Waals surface area contributed by atoms with Gasteiger partial charge in [0, 0.05) is 0 Å². The van der Waals surface area contributed by atoms with Crippen molar-refractivity contribution >= 4 is 0 Å². The lowest BCUT2D eigenvalue weighted by atomic mass is 10.0. The van der Waals surface area contributed by atoms with Gasteiger partial charge in [-0.1, -0.05) is 43.5 Å². The van der Waals surface area contributed by atoms with E-state index in [1.807, 2.05) is 0 Å². The van der Waals surface area contributed by atoms with E-state index >= 15 is 0 Å². The predicted octanol–water partition coefficient (Wildman–Crippen LogP) is 4.05. The maximum Gasteiger partial charge on any atom is -0.00903 e. The monoisotopic (exact) mass is 175 g/mol. The van der Waals surface area contributed by atoms with Gasteiger partial charge in [-0.15, -0.1) is 0 Å². The molecule has 0 heterocycles. The average Bonchev–Trinajstić information content (AvgIpc) is 2.11. The molecule has 71 valence electrons. The van der Waals surface area contributed by atoms with Gasteiger partial charge in [-0.3, -0.25) is 0 Å². The Hall–Kier alpha value is -0.780. The van der Waals surface area contributed by atoms with Gasteiger partial charge in [-0.25, -0.2) is 0 Å². The first-order chi connectivity index (χ1) is 6.24. The van der Waals surface area contributed by atoms with Crippen LogP contribution in [0.4, 0.5) is 0 Å². The van der Waals surface area contributed by atoms with E-state index in [-0.39, 0.29) is 0 Å². The molecule has 0 amide bonds. The molecule has 0 unspecified atom stereocenters. The van der Waals surface area contributed by atoms with Crippen LogP contribution in [-0.4, -0.2) is 0 Å². The number of benzene rings is 1. The zero-order valence-electron chi connectivity index (χ0n) is 8.93. The standard InChI is InChI=1S/C13H19/c1-4-5-6-7-13-10-11(2)8-9-12(13)3/h7-10H,4-6H2,1-3H3. The Morgan fingerprint density at radius 3 is 2.69 bits per heavy atom. The zero-order valence-corrected chi connectivity index (χ0v) is 8.93. The topological polar surface area (TPSA) is 0 Å². The molecule has 0 fully saturated rings. The van der Waals surface area contributed by atoms with Crippen molar-refractivity contribution in [1.29, 1.82) is 0 Å². The molecule has 0 aliphatic heterocycles. The summed E-state index contributed by atoms with van der Waals surface area (Å²) >= 11 is 0. The predicted molar refractivity (Wildman–Crippen MR) is 58.8 cm³/mol. The van der Waals surface area contributed by atoms with E-state index in [1.165, 1.54) is 36.0 Å². The van der Waals surface area contributed by atoms with Crippen molar-refractivity contribution in [2.75, 3.05) is 0 Å². The fraction of sp³-hybridized carbons (Fsp3) is 0.462. The molecular weight excluding hydrogens is 156 g/mol. The molecule has 1 radical (unpaired) electrons. The van der Waals surface area contributed by atoms with Crippen LogP contribution in [-0.2, 0) is 0 Å². The Morgan fingerprint density at radius 1 is 1.23 bits per heavy atom. The van der Waals surface area contributed by atoms with Gasteiger partial charge in [-0.2, -0.15) is 0 Å². The smallest absolute Gasteiger partial charge is 0.00903 e. The summed E-state index contributed by atoms with van der Waals surface area (Å²) in [7, 11) is 0. The second-order valence-electron chi connectivity index (χ2n) is 3.71. The first-order valence-electron chi connectivity index (χ1n) is 5.14. The highest BCUT2D eigenvalue weighted by Crippen LogP contribution is 2.15. The van der Waals surface area contributed by atoms with Gasteiger partial charge in [-0.05, 0) is 37.8 Å². The van der Waals surface area contributed by atoms with Crippen LogP contribution < -0.4 is 0 Å². The minimum absolute atomic E-state index is 1.21. The van der Waals surface area contributed by atoms with Crippen molar-refractivity contribution in [3.63, 3.8) is 0 Å². The summed E-state index contributed by atoms with van der Waals surface area (Å²) in [5.41, 5.74) is 4.16. The summed E-state index contributed by atoms with van der Waals surface area (Å²) in [6, 6.07) is 6.64. The Morgan fingerprint density at radius 2 is 2.00 bits per heavy atom. The van der Waals surface area contributed by atoms with Crippen molar-refractivity contribution in [3.8, 4) is 0 Å². The SMILES string of the molecule is CCCC[CH]c1cc(C)ccc1C. The third kappa shape index (κ3) is 3.22. The third-order valence-electron chi connectivity index (χ3n) is 2.36. The maximum absolute atomic E-state index is 2.35. The van der Waals surface area contributed by atoms with Crippen molar-refractivity contribution in [2.45, 2.75) is 40.0 Å². The third-order valence-corrected chi connectivity index (χ3v) is 2.36. The van der Waals surface area contributed by atoms with Crippen LogP contribution in [0.3, 0.4) is 0 Å². The van der Waals surface area contributed by atoms with E-state index in [4.69, 9.17) is 0 Å². The van der Waals surface area contributed by atoms with Gasteiger partial charge < -0.3 is 0 Å². The van der Waals surface area contributed by atoms with E-state index in [1.54, 1.807) is 0 Å². The zero-order chi connectivity index (χ0) is 9.68. The molecule has 0 spiro atoms. The number of rotatable bonds is 4. The van der Waals surface area contributed by atoms with Crippen molar-refractivity contribution in [2.24, 2.45) is 0 Å². The van der Waals surface area contributed by atoms with Crippen LogP contribution in [0.2, 0.25) is 0 Å². The molecule has 1 rings (SSSR count). The average molecular weight is 175 g/mol. The fourth-order valence-electron chi connectivity index (χ4n) is 1.44. The summed E-state index contributed by atoms with van der Waals surface area (Å²) < 4.78 is 0. The maximum atomic E-state index is 2.35. The summed E-state index contributed by atoms with van der Waals surface area (Å²) in [5, 5.41) is 0. The summed E-state index contributed by atoms with van der Waals surface area (Å²) in [6.45, 7) is 6.56. The Kier molecular flexibility index (Phi) is 4.01. The molecule has 0 aliphatic rings. The molecule has 0 heteroatoms. The highest BCUT2D eigenvalue weighted by atomic mass is 14.0. The molecule has 13 heavy (non-hydrogen) atoms. The second kappa shape index (κ2) is 5.06. The summed E-state index contributed by atoms with van der Waals surface area (Å²) in [4.78, 5) is 0. The van der Waals surface area contributed by atoms with Crippen LogP contribution >= 0.6 is 0 Å². The van der Waals surface area contributed by atoms with E-state index in [9.17, 15) is 0 Å². The lowest BCUT2D eigenvalue weighted by Crippen LogP contribution is -1.88. The Labute approximate surface area is 82.0 Å². The van der Waals surface area contributed by atoms with Crippen LogP contribution in [0.25, 0.3) is 0 Å². The molecule has 0 N–H and O–H groups in total. The van der Waals surface area contributed by atoms with Gasteiger partial charge in [0.2, 0.25) is 0 Å². The quantitative estimate of drug-likeness (QED) is 0.606. The molecule has 1 aromatic rings. The molecule has 0 saturated carbocycles. The van der Waals surface area contributed by atoms with Gasteiger partial charge in [0.05, 0.1) is 0 Å². The molecule has 1 aromatic carbocycles. The molecule has 0 saturated heterocycles. The number of aryl methyl sites for hydroxylation is 2. The molecule has 0 atom stereocenters. The molecule has 0 bridgehead atoms. The van der Waals surface area contributed by atoms with Crippen molar-refractivity contribution < 1.29 is 0 Å². The Balaban J connectivity index is 2.59. The molecular formula is C13H19. The van der Waals surface area contributed by atoms with Gasteiger partial charge >= 0.3 is 0 Å². The van der Waals surface area contributed by atoms with Gasteiger partial charge in [0.15, 0.2) is 0 Å². The van der Waals surface area contributed by atoms with E-state index < -0.39 is 0 Å². The van der Waals surface area contributed by atoms with Crippen molar-refractivity contribution in [3.05, 3.63) is 41.3 Å². The highest BCUT2D eigenvalue weighted by Gasteiger charge is 1.98. The molecule has 0 aliphatic carbocycles. The van der Waals surface area contributed by atoms with Crippen LogP contribution in [0.15, 0.2) is 18.2 Å². The lowest BCUT2D eigenvalue weighted by Gasteiger charge is -2.05. The first-order valence-corrected chi connectivity index (χ1v) is 5.14. The lowest BCUT2D eigenvalue weighted by molar-refractivity contribution is 0.790. The van der Waals surface area contributed by atoms with Crippen molar-refractivity contribution in [1.82, 2.24) is 0 Å². The normalized spacial score (nSPS) is 10.4. The highest BCUT2D eigenvalue weighted by molar-refractivity contribution is 5.35. The first kappa shape index (κ1) is 10.3. The minimum Gasteiger partial charge on any atom is -0.0654 e. The largest absolute Gasteiger partial charge is 0.0654 e. The Bertz CT molecular complexity index is 261. The van der Waals surface area contributed by atoms with E-state index in [2.05, 4.69) is 45.4 Å². The van der Waals surface area contributed by atoms with Crippen LogP contribution in [0.5, 0.6) is 0 Å². The number of hydrogen-bond donors (Lipinski definition) is 0. The van der Waals surface area contributed by atoms with E-state index in [0.717, 1.165) is 0 Å². The van der Waals surface area contributed by atoms with Crippen LogP contribution in [0.1, 0.15) is 42.9 Å². The van der Waals surface area contributed by atoms with Gasteiger partial charge in [0.1, 0.15) is 0 Å². The molecule has 0 nitrogen and oxygen atoms in total. The summed E-state index contributed by atoms with van der Waals surface area (Å²) in [6.07, 6.45) is 6.14. The van der Waals surface area contributed by atoms with Crippen LogP contribution in [0, 0.1) is 20.3 Å². The fourth-order valence-corrected chi connectivity index (χ4v) is 1.44. The summed E-state index contributed by atoms with van der Waals surface area (Å²) in [5.74, 6) is 0. The molecule has 0 aromatic heterocycles.